The van der Waals surface area contributed by atoms with E-state index in [2.05, 4.69) is 82.3 Å². The number of benzene rings is 3. The molecule has 0 fully saturated rings. The Balaban J connectivity index is 1.49. The molecule has 1 heterocycles. The van der Waals surface area contributed by atoms with Crippen molar-refractivity contribution in [1.29, 1.82) is 0 Å². The van der Waals surface area contributed by atoms with E-state index in [0.29, 0.717) is 13.2 Å². The molecule has 3 nitrogen and oxygen atoms in total. The highest BCUT2D eigenvalue weighted by atomic mass is 16.5. The highest BCUT2D eigenvalue weighted by molar-refractivity contribution is 5.51. The summed E-state index contributed by atoms with van der Waals surface area (Å²) < 4.78 is 19.0. The molecule has 0 aliphatic carbocycles. The van der Waals surface area contributed by atoms with Crippen LogP contribution in [-0.4, -0.2) is 12.2 Å². The first-order chi connectivity index (χ1) is 16.5. The molecule has 34 heavy (non-hydrogen) atoms. The summed E-state index contributed by atoms with van der Waals surface area (Å²) in [7, 11) is 0. The minimum atomic E-state index is -0.122. The molecule has 1 aliphatic heterocycles. The molecule has 4 rings (SSSR count). The number of aryl methyl sites for hydroxylation is 2. The van der Waals surface area contributed by atoms with E-state index in [1.165, 1.54) is 27.8 Å². The van der Waals surface area contributed by atoms with Crippen LogP contribution in [0.4, 0.5) is 0 Å². The zero-order valence-corrected chi connectivity index (χ0v) is 21.2. The number of rotatable bonds is 10. The van der Waals surface area contributed by atoms with Crippen LogP contribution in [0.5, 0.6) is 17.2 Å². The third-order valence-electron chi connectivity index (χ3n) is 6.57. The Bertz CT molecular complexity index is 1090. The predicted octanol–water partition coefficient (Wildman–Crippen LogP) is 7.51. The van der Waals surface area contributed by atoms with E-state index in [9.17, 15) is 0 Å². The molecule has 3 aromatic carbocycles. The average molecular weight is 459 g/mol. The normalized spacial score (nSPS) is 14.2. The molecule has 0 N–H and O–H groups in total. The Morgan fingerprint density at radius 1 is 0.853 bits per heavy atom. The van der Waals surface area contributed by atoms with Crippen molar-refractivity contribution in [2.24, 2.45) is 0 Å². The van der Waals surface area contributed by atoms with Gasteiger partial charge in [0.05, 0.1) is 6.61 Å². The maximum absolute atomic E-state index is 6.46. The fraction of sp³-hybridized carbons (Fsp3) is 0.419. The molecule has 0 radical (unpaired) electrons. The van der Waals surface area contributed by atoms with Crippen LogP contribution >= 0.6 is 0 Å². The fourth-order valence-electron chi connectivity index (χ4n) is 4.61. The van der Waals surface area contributed by atoms with Gasteiger partial charge in [0, 0.05) is 12.0 Å². The van der Waals surface area contributed by atoms with Crippen LogP contribution in [0.3, 0.4) is 0 Å². The maximum atomic E-state index is 6.46. The Labute approximate surface area is 205 Å². The van der Waals surface area contributed by atoms with Gasteiger partial charge in [0.2, 0.25) is 0 Å². The first-order valence-corrected chi connectivity index (χ1v) is 12.7. The molecule has 0 atom stereocenters. The van der Waals surface area contributed by atoms with Gasteiger partial charge in [0.25, 0.3) is 0 Å². The lowest BCUT2D eigenvalue weighted by Crippen LogP contribution is -2.32. The second-order valence-corrected chi connectivity index (χ2v) is 9.81. The summed E-state index contributed by atoms with van der Waals surface area (Å²) >= 11 is 0. The standard InChI is InChI=1S/C31H38O3/c1-5-10-23-13-14-26(29(21-23)33-22-24-11-8-7-9-12-24)18-20-32-30-25(6-2)15-16-28-27(30)17-19-31(3,4)34-28/h7-9,11-16,21H,5-6,10,17-20,22H2,1-4H3. The lowest BCUT2D eigenvalue weighted by Gasteiger charge is -2.34. The van der Waals surface area contributed by atoms with Gasteiger partial charge in [0.15, 0.2) is 0 Å². The summed E-state index contributed by atoms with van der Waals surface area (Å²) in [6.07, 6.45) is 5.92. The number of hydrogen-bond acceptors (Lipinski definition) is 3. The number of hydrogen-bond donors (Lipinski definition) is 0. The first-order valence-electron chi connectivity index (χ1n) is 12.7. The Kier molecular flexibility index (Phi) is 7.82. The topological polar surface area (TPSA) is 27.7 Å². The quantitative estimate of drug-likeness (QED) is 0.315. The van der Waals surface area contributed by atoms with Gasteiger partial charge in [-0.05, 0) is 73.9 Å². The predicted molar refractivity (Wildman–Crippen MR) is 139 cm³/mol. The van der Waals surface area contributed by atoms with Crippen molar-refractivity contribution >= 4 is 0 Å². The van der Waals surface area contributed by atoms with E-state index < -0.39 is 0 Å². The van der Waals surface area contributed by atoms with Gasteiger partial charge in [-0.2, -0.15) is 0 Å². The molecule has 0 spiro atoms. The average Bonchev–Trinajstić information content (AvgIpc) is 2.84. The van der Waals surface area contributed by atoms with Crippen LogP contribution < -0.4 is 14.2 Å². The van der Waals surface area contributed by atoms with Gasteiger partial charge in [-0.1, -0.05) is 68.8 Å². The Hall–Kier alpha value is -2.94. The van der Waals surface area contributed by atoms with Crippen molar-refractivity contribution in [3.8, 4) is 17.2 Å². The van der Waals surface area contributed by atoms with Crippen LogP contribution in [0.2, 0.25) is 0 Å². The second-order valence-electron chi connectivity index (χ2n) is 9.81. The SMILES string of the molecule is CCCc1ccc(CCOc2c(CC)ccc3c2CCC(C)(C)O3)c(OCc2ccccc2)c1. The van der Waals surface area contributed by atoms with Crippen LogP contribution in [0.1, 0.15) is 68.4 Å². The molecule has 3 aromatic rings. The van der Waals surface area contributed by atoms with Crippen molar-refractivity contribution in [2.45, 2.75) is 78.4 Å². The Morgan fingerprint density at radius 2 is 1.65 bits per heavy atom. The zero-order valence-electron chi connectivity index (χ0n) is 21.2. The van der Waals surface area contributed by atoms with Gasteiger partial charge < -0.3 is 14.2 Å². The van der Waals surface area contributed by atoms with Crippen molar-refractivity contribution in [2.75, 3.05) is 6.61 Å². The van der Waals surface area contributed by atoms with Gasteiger partial charge in [-0.25, -0.2) is 0 Å². The third-order valence-corrected chi connectivity index (χ3v) is 6.57. The molecule has 0 amide bonds. The Morgan fingerprint density at radius 3 is 2.41 bits per heavy atom. The molecule has 3 heteroatoms. The molecular weight excluding hydrogens is 420 g/mol. The summed E-state index contributed by atoms with van der Waals surface area (Å²) in [6, 6.07) is 21.3. The van der Waals surface area contributed by atoms with Crippen molar-refractivity contribution in [1.82, 2.24) is 0 Å². The summed E-state index contributed by atoms with van der Waals surface area (Å²) in [6.45, 7) is 9.89. The lowest BCUT2D eigenvalue weighted by molar-refractivity contribution is 0.0832. The van der Waals surface area contributed by atoms with Crippen molar-refractivity contribution in [3.05, 3.63) is 88.5 Å². The van der Waals surface area contributed by atoms with E-state index in [4.69, 9.17) is 14.2 Å². The molecular formula is C31H38O3. The molecule has 0 unspecified atom stereocenters. The van der Waals surface area contributed by atoms with Gasteiger partial charge in [-0.15, -0.1) is 0 Å². The largest absolute Gasteiger partial charge is 0.493 e. The minimum Gasteiger partial charge on any atom is -0.493 e. The van der Waals surface area contributed by atoms with Gasteiger partial charge in [-0.3, -0.25) is 0 Å². The van der Waals surface area contributed by atoms with Gasteiger partial charge in [0.1, 0.15) is 29.5 Å². The second kappa shape index (κ2) is 11.0. The molecule has 0 saturated carbocycles. The van der Waals surface area contributed by atoms with E-state index in [1.54, 1.807) is 0 Å². The van der Waals surface area contributed by atoms with E-state index >= 15 is 0 Å². The maximum Gasteiger partial charge on any atom is 0.129 e. The summed E-state index contributed by atoms with van der Waals surface area (Å²) in [5.41, 5.74) is 6.04. The van der Waals surface area contributed by atoms with Crippen molar-refractivity contribution in [3.63, 3.8) is 0 Å². The van der Waals surface area contributed by atoms with Crippen molar-refractivity contribution < 1.29 is 14.2 Å². The van der Waals surface area contributed by atoms with Crippen LogP contribution in [0.15, 0.2) is 60.7 Å². The highest BCUT2D eigenvalue weighted by Crippen LogP contribution is 2.40. The van der Waals surface area contributed by atoms with Crippen LogP contribution in [-0.2, 0) is 32.3 Å². The number of fused-ring (bicyclic) bond motifs is 1. The molecule has 1 aliphatic rings. The first kappa shape index (κ1) is 24.2. The van der Waals surface area contributed by atoms with Crippen LogP contribution in [0, 0.1) is 0 Å². The summed E-state index contributed by atoms with van der Waals surface area (Å²) in [5, 5.41) is 0. The summed E-state index contributed by atoms with van der Waals surface area (Å²) in [5.74, 6) is 2.96. The molecule has 0 saturated heterocycles. The lowest BCUT2D eigenvalue weighted by atomic mass is 9.92. The smallest absolute Gasteiger partial charge is 0.129 e. The third kappa shape index (κ3) is 5.94. The molecule has 180 valence electrons. The molecule has 0 bridgehead atoms. The van der Waals surface area contributed by atoms with E-state index in [-0.39, 0.29) is 5.60 Å². The highest BCUT2D eigenvalue weighted by Gasteiger charge is 2.29. The van der Waals surface area contributed by atoms with Crippen LogP contribution in [0.25, 0.3) is 0 Å². The summed E-state index contributed by atoms with van der Waals surface area (Å²) in [4.78, 5) is 0. The van der Waals surface area contributed by atoms with E-state index in [0.717, 1.165) is 55.8 Å². The monoisotopic (exact) mass is 458 g/mol. The zero-order chi connectivity index (χ0) is 24.0. The number of ether oxygens (including phenoxy) is 3. The fourth-order valence-corrected chi connectivity index (χ4v) is 4.61. The molecule has 0 aromatic heterocycles. The van der Waals surface area contributed by atoms with Gasteiger partial charge >= 0.3 is 0 Å². The van der Waals surface area contributed by atoms with E-state index in [1.807, 2.05) is 6.07 Å². The minimum absolute atomic E-state index is 0.122.